The molecule has 214 valence electrons. The molecule has 1 amide bonds. The minimum absolute atomic E-state index is 0.0297. The molecule has 13 heteroatoms. The van der Waals surface area contributed by atoms with E-state index in [0.717, 1.165) is 9.20 Å². The zero-order valence-corrected chi connectivity index (χ0v) is 24.6. The number of benzene rings is 3. The summed E-state index contributed by atoms with van der Waals surface area (Å²) in [6.45, 7) is 2.76. The first kappa shape index (κ1) is 29.9. The largest absolute Gasteiger partial charge is 0.492 e. The van der Waals surface area contributed by atoms with Crippen molar-refractivity contribution in [2.45, 2.75) is 21.6 Å². The van der Waals surface area contributed by atoms with Gasteiger partial charge in [-0.3, -0.25) is 9.10 Å². The van der Waals surface area contributed by atoms with Crippen molar-refractivity contribution in [1.29, 1.82) is 0 Å². The highest BCUT2D eigenvalue weighted by atomic mass is 32.2. The van der Waals surface area contributed by atoms with Crippen LogP contribution in [0.25, 0.3) is 0 Å². The lowest BCUT2D eigenvalue weighted by molar-refractivity contribution is -0.114. The Morgan fingerprint density at radius 2 is 1.57 bits per heavy atom. The molecule has 4 rings (SSSR count). The average molecular weight is 606 g/mol. The van der Waals surface area contributed by atoms with Crippen molar-refractivity contribution in [3.63, 3.8) is 0 Å². The van der Waals surface area contributed by atoms with Crippen LogP contribution in [0.1, 0.15) is 6.92 Å². The lowest BCUT2D eigenvalue weighted by atomic mass is 10.3. The van der Waals surface area contributed by atoms with Crippen LogP contribution >= 0.6 is 11.8 Å². The van der Waals surface area contributed by atoms with E-state index in [9.17, 15) is 21.6 Å². The number of hydrogen-bond acceptors (Lipinski definition) is 8. The molecule has 1 aliphatic rings. The second-order valence-corrected chi connectivity index (χ2v) is 13.4. The van der Waals surface area contributed by atoms with Gasteiger partial charge >= 0.3 is 0 Å². The highest BCUT2D eigenvalue weighted by Crippen LogP contribution is 2.33. The molecule has 10 nitrogen and oxygen atoms in total. The number of morpholine rings is 1. The monoisotopic (exact) mass is 605 g/mol. The number of rotatable bonds is 11. The predicted molar refractivity (Wildman–Crippen MR) is 155 cm³/mol. The third kappa shape index (κ3) is 6.78. The van der Waals surface area contributed by atoms with Gasteiger partial charge in [0.1, 0.15) is 12.3 Å². The highest BCUT2D eigenvalue weighted by Gasteiger charge is 2.30. The minimum Gasteiger partial charge on any atom is -0.492 e. The van der Waals surface area contributed by atoms with Crippen LogP contribution in [0.2, 0.25) is 0 Å². The van der Waals surface area contributed by atoms with Gasteiger partial charge in [-0.1, -0.05) is 12.1 Å². The summed E-state index contributed by atoms with van der Waals surface area (Å²) in [5.74, 6) is -0.292. The SMILES string of the molecule is CCOc1ccccc1N(CC(=O)Nc1ccc(S(=O)(=O)N2CCOCC2)cc1)S(=O)(=O)c1ccc(SC)cc1. The molecule has 0 unspecified atom stereocenters. The first-order valence-electron chi connectivity index (χ1n) is 12.5. The Balaban J connectivity index is 1.58. The third-order valence-electron chi connectivity index (χ3n) is 6.11. The van der Waals surface area contributed by atoms with Gasteiger partial charge in [0.2, 0.25) is 15.9 Å². The van der Waals surface area contributed by atoms with Crippen LogP contribution in [0.15, 0.2) is 87.5 Å². The zero-order valence-electron chi connectivity index (χ0n) is 22.1. The van der Waals surface area contributed by atoms with Crippen LogP contribution in [0, 0.1) is 0 Å². The second kappa shape index (κ2) is 13.0. The Morgan fingerprint density at radius 3 is 2.20 bits per heavy atom. The van der Waals surface area contributed by atoms with Crippen LogP contribution < -0.4 is 14.4 Å². The standard InChI is InChI=1S/C27H31N3O7S3/c1-3-37-26-7-5-4-6-25(26)30(40(34,35)24-14-10-22(38-2)11-15-24)20-27(31)28-21-8-12-23(13-9-21)39(32,33)29-16-18-36-19-17-29/h4-15H,3,16-20H2,1-2H3,(H,28,31). The molecule has 3 aromatic carbocycles. The number of nitrogens with one attached hydrogen (secondary N) is 1. The quantitative estimate of drug-likeness (QED) is 0.329. The molecule has 3 aromatic rings. The van der Waals surface area contributed by atoms with E-state index in [-0.39, 0.29) is 28.6 Å². The van der Waals surface area contributed by atoms with Crippen LogP contribution in [-0.2, 0) is 29.6 Å². The van der Waals surface area contributed by atoms with Crippen molar-refractivity contribution in [2.24, 2.45) is 0 Å². The summed E-state index contributed by atoms with van der Waals surface area (Å²) in [7, 11) is -7.85. The molecule has 1 fully saturated rings. The molecular weight excluding hydrogens is 575 g/mol. The maximum Gasteiger partial charge on any atom is 0.264 e. The molecule has 1 saturated heterocycles. The Morgan fingerprint density at radius 1 is 0.950 bits per heavy atom. The number of anilines is 2. The van der Waals surface area contributed by atoms with E-state index >= 15 is 0 Å². The summed E-state index contributed by atoms with van der Waals surface area (Å²) in [4.78, 5) is 14.2. The number of sulfonamides is 2. The molecule has 0 aliphatic carbocycles. The van der Waals surface area contributed by atoms with Crippen molar-refractivity contribution >= 4 is 49.1 Å². The van der Waals surface area contributed by atoms with Crippen LogP contribution in [0.4, 0.5) is 11.4 Å². The predicted octanol–water partition coefficient (Wildman–Crippen LogP) is 3.66. The summed E-state index contributed by atoms with van der Waals surface area (Å²) in [6.07, 6.45) is 1.89. The fourth-order valence-electron chi connectivity index (χ4n) is 4.09. The van der Waals surface area contributed by atoms with Crippen LogP contribution in [0.3, 0.4) is 0 Å². The molecule has 0 spiro atoms. The number of hydrogen-bond donors (Lipinski definition) is 1. The molecule has 0 aromatic heterocycles. The lowest BCUT2D eigenvalue weighted by Crippen LogP contribution is -2.40. The summed E-state index contributed by atoms with van der Waals surface area (Å²) < 4.78 is 66.6. The summed E-state index contributed by atoms with van der Waals surface area (Å²) >= 11 is 1.49. The van der Waals surface area contributed by atoms with Gasteiger partial charge in [-0.05, 0) is 73.8 Å². The molecule has 1 heterocycles. The zero-order chi connectivity index (χ0) is 28.8. The highest BCUT2D eigenvalue weighted by molar-refractivity contribution is 7.98. The van der Waals surface area contributed by atoms with Crippen molar-refractivity contribution < 1.29 is 31.1 Å². The first-order valence-corrected chi connectivity index (χ1v) is 16.6. The van der Waals surface area contributed by atoms with E-state index in [0.29, 0.717) is 31.3 Å². The fraction of sp³-hybridized carbons (Fsp3) is 0.296. The normalized spacial score (nSPS) is 14.4. The van der Waals surface area contributed by atoms with Gasteiger partial charge in [0.05, 0.1) is 35.3 Å². The van der Waals surface area contributed by atoms with E-state index in [1.54, 1.807) is 43.3 Å². The van der Waals surface area contributed by atoms with Crippen molar-refractivity contribution in [3.8, 4) is 5.75 Å². The number of para-hydroxylation sites is 2. The number of thioether (sulfide) groups is 1. The van der Waals surface area contributed by atoms with Gasteiger partial charge < -0.3 is 14.8 Å². The molecule has 40 heavy (non-hydrogen) atoms. The van der Waals surface area contributed by atoms with E-state index < -0.39 is 32.5 Å². The minimum atomic E-state index is -4.16. The molecular formula is C27H31N3O7S3. The number of amides is 1. The van der Waals surface area contributed by atoms with E-state index in [1.165, 1.54) is 52.5 Å². The van der Waals surface area contributed by atoms with Gasteiger partial charge in [-0.15, -0.1) is 11.8 Å². The van der Waals surface area contributed by atoms with Gasteiger partial charge in [-0.2, -0.15) is 4.31 Å². The molecule has 0 saturated carbocycles. The number of nitrogens with zero attached hydrogens (tertiary/aromatic N) is 2. The Hall–Kier alpha value is -3.10. The van der Waals surface area contributed by atoms with E-state index in [1.807, 2.05) is 6.26 Å². The number of carbonyl (C=O) groups is 1. The molecule has 0 bridgehead atoms. The Labute approximate surface area is 239 Å². The Bertz CT molecular complexity index is 1520. The maximum absolute atomic E-state index is 13.8. The second-order valence-electron chi connectivity index (χ2n) is 8.68. The maximum atomic E-state index is 13.8. The molecule has 1 N–H and O–H groups in total. The van der Waals surface area contributed by atoms with Gasteiger partial charge in [-0.25, -0.2) is 16.8 Å². The van der Waals surface area contributed by atoms with Crippen molar-refractivity contribution in [1.82, 2.24) is 4.31 Å². The molecule has 0 atom stereocenters. The van der Waals surface area contributed by atoms with E-state index in [2.05, 4.69) is 5.32 Å². The smallest absolute Gasteiger partial charge is 0.264 e. The summed E-state index contributed by atoms with van der Waals surface area (Å²) in [6, 6.07) is 18.8. The number of ether oxygens (including phenoxy) is 2. The molecule has 0 radical (unpaired) electrons. The van der Waals surface area contributed by atoms with E-state index in [4.69, 9.17) is 9.47 Å². The first-order chi connectivity index (χ1) is 19.2. The van der Waals surface area contributed by atoms with Gasteiger partial charge in [0.15, 0.2) is 0 Å². The topological polar surface area (TPSA) is 122 Å². The van der Waals surface area contributed by atoms with Crippen LogP contribution in [0.5, 0.6) is 5.75 Å². The molecule has 1 aliphatic heterocycles. The van der Waals surface area contributed by atoms with Gasteiger partial charge in [0.25, 0.3) is 10.0 Å². The lowest BCUT2D eigenvalue weighted by Gasteiger charge is -2.26. The fourth-order valence-corrected chi connectivity index (χ4v) is 7.34. The summed E-state index contributed by atoms with van der Waals surface area (Å²) in [5.41, 5.74) is 0.547. The van der Waals surface area contributed by atoms with Crippen molar-refractivity contribution in [3.05, 3.63) is 72.8 Å². The van der Waals surface area contributed by atoms with Gasteiger partial charge in [0, 0.05) is 23.7 Å². The van der Waals surface area contributed by atoms with Crippen LogP contribution in [-0.4, -0.2) is 72.8 Å². The third-order valence-corrected chi connectivity index (χ3v) is 10.5. The number of carbonyl (C=O) groups excluding carboxylic acids is 1. The van der Waals surface area contributed by atoms with Crippen molar-refractivity contribution in [2.75, 3.05) is 55.3 Å². The summed E-state index contributed by atoms with van der Waals surface area (Å²) in [5, 5.41) is 2.68. The Kier molecular flexibility index (Phi) is 9.74. The average Bonchev–Trinajstić information content (AvgIpc) is 2.97.